The molecular formula is C21H18BrClN2O3. The highest BCUT2D eigenvalue weighted by Gasteiger charge is 2.09. The second-order valence-electron chi connectivity index (χ2n) is 6.16. The van der Waals surface area contributed by atoms with Crippen molar-refractivity contribution in [2.75, 3.05) is 6.61 Å². The number of hydrogen-bond acceptors (Lipinski definition) is 4. The molecule has 0 aliphatic carbocycles. The first-order chi connectivity index (χ1) is 13.4. The van der Waals surface area contributed by atoms with E-state index in [4.69, 9.17) is 20.8 Å². The van der Waals surface area contributed by atoms with Gasteiger partial charge < -0.3 is 9.15 Å². The van der Waals surface area contributed by atoms with E-state index in [9.17, 15) is 4.79 Å². The van der Waals surface area contributed by atoms with Gasteiger partial charge in [-0.15, -0.1) is 0 Å². The third-order valence-electron chi connectivity index (χ3n) is 3.87. The van der Waals surface area contributed by atoms with E-state index in [1.165, 1.54) is 6.21 Å². The van der Waals surface area contributed by atoms with Crippen molar-refractivity contribution in [2.24, 2.45) is 5.10 Å². The first-order valence-corrected chi connectivity index (χ1v) is 9.67. The number of furan rings is 1. The molecule has 1 amide bonds. The van der Waals surface area contributed by atoms with Gasteiger partial charge in [-0.3, -0.25) is 4.79 Å². The summed E-state index contributed by atoms with van der Waals surface area (Å²) in [6.45, 7) is 3.77. The van der Waals surface area contributed by atoms with Crippen LogP contribution in [0.4, 0.5) is 0 Å². The van der Waals surface area contributed by atoms with Gasteiger partial charge in [0.25, 0.3) is 5.91 Å². The van der Waals surface area contributed by atoms with E-state index in [0.29, 0.717) is 22.3 Å². The Hall–Kier alpha value is -2.57. The zero-order valence-corrected chi connectivity index (χ0v) is 17.7. The summed E-state index contributed by atoms with van der Waals surface area (Å²) < 4.78 is 12.1. The zero-order valence-electron chi connectivity index (χ0n) is 15.3. The molecule has 3 aromatic rings. The van der Waals surface area contributed by atoms with Crippen LogP contribution in [0.5, 0.6) is 5.75 Å². The topological polar surface area (TPSA) is 63.8 Å². The summed E-state index contributed by atoms with van der Waals surface area (Å²) in [5.74, 6) is 1.39. The molecule has 2 aromatic carbocycles. The Balaban J connectivity index is 1.55. The van der Waals surface area contributed by atoms with Crippen molar-refractivity contribution >= 4 is 39.7 Å². The number of halogens is 2. The van der Waals surface area contributed by atoms with E-state index in [2.05, 4.69) is 26.5 Å². The van der Waals surface area contributed by atoms with E-state index in [0.717, 1.165) is 21.2 Å². The number of hydrogen-bond donors (Lipinski definition) is 1. The van der Waals surface area contributed by atoms with Crippen LogP contribution in [0.2, 0.25) is 5.02 Å². The van der Waals surface area contributed by atoms with Crippen LogP contribution in [0.3, 0.4) is 0 Å². The van der Waals surface area contributed by atoms with Crippen LogP contribution in [0.25, 0.3) is 11.3 Å². The molecule has 0 unspecified atom stereocenters. The van der Waals surface area contributed by atoms with Gasteiger partial charge in [0.05, 0.1) is 15.7 Å². The summed E-state index contributed by atoms with van der Waals surface area (Å²) in [5, 5.41) is 4.50. The minimum Gasteiger partial charge on any atom is -0.482 e. The van der Waals surface area contributed by atoms with Crippen LogP contribution >= 0.6 is 27.5 Å². The molecule has 0 aliphatic rings. The Labute approximate surface area is 176 Å². The smallest absolute Gasteiger partial charge is 0.277 e. The highest BCUT2D eigenvalue weighted by molar-refractivity contribution is 9.10. The monoisotopic (exact) mass is 460 g/mol. The van der Waals surface area contributed by atoms with E-state index >= 15 is 0 Å². The summed E-state index contributed by atoms with van der Waals surface area (Å²) in [6, 6.07) is 14.9. The van der Waals surface area contributed by atoms with Crippen molar-refractivity contribution in [3.05, 3.63) is 74.9 Å². The van der Waals surface area contributed by atoms with Crippen molar-refractivity contribution in [3.63, 3.8) is 0 Å². The normalized spacial score (nSPS) is 11.0. The van der Waals surface area contributed by atoms with Gasteiger partial charge in [-0.1, -0.05) is 29.8 Å². The van der Waals surface area contributed by atoms with Gasteiger partial charge in [-0.2, -0.15) is 5.10 Å². The van der Waals surface area contributed by atoms with Gasteiger partial charge in [0.2, 0.25) is 0 Å². The molecule has 7 heteroatoms. The second kappa shape index (κ2) is 9.08. The largest absolute Gasteiger partial charge is 0.482 e. The lowest BCUT2D eigenvalue weighted by molar-refractivity contribution is -0.123. The molecule has 0 bridgehead atoms. The molecule has 0 spiro atoms. The van der Waals surface area contributed by atoms with Crippen LogP contribution in [-0.2, 0) is 4.79 Å². The number of carbonyl (C=O) groups excluding carboxylic acids is 1. The number of ether oxygens (including phenoxy) is 1. The number of amides is 1. The molecule has 144 valence electrons. The maximum Gasteiger partial charge on any atom is 0.277 e. The van der Waals surface area contributed by atoms with Gasteiger partial charge in [-0.05, 0) is 71.2 Å². The van der Waals surface area contributed by atoms with Crippen LogP contribution in [0, 0.1) is 13.8 Å². The lowest BCUT2D eigenvalue weighted by Crippen LogP contribution is -2.24. The first kappa shape index (κ1) is 20.2. The quantitative estimate of drug-likeness (QED) is 0.389. The third kappa shape index (κ3) is 5.03. The average molecular weight is 462 g/mol. The Morgan fingerprint density at radius 3 is 2.79 bits per heavy atom. The highest BCUT2D eigenvalue weighted by Crippen LogP contribution is 2.30. The van der Waals surface area contributed by atoms with Crippen molar-refractivity contribution in [1.82, 2.24) is 5.43 Å². The molecular weight excluding hydrogens is 444 g/mol. The standard InChI is InChI=1S/C21H18BrClN2O3/c1-13-9-14(2)21(17(22)10-13)27-12-20(26)25-24-11-15-7-8-19(28-15)16-5-3-4-6-18(16)23/h3-11H,12H2,1-2H3,(H,25,26)/b24-11-. The predicted molar refractivity (Wildman–Crippen MR) is 114 cm³/mol. The average Bonchev–Trinajstić information content (AvgIpc) is 3.10. The third-order valence-corrected chi connectivity index (χ3v) is 4.79. The fourth-order valence-corrected chi connectivity index (χ4v) is 3.67. The molecule has 3 rings (SSSR count). The molecule has 0 aliphatic heterocycles. The van der Waals surface area contributed by atoms with E-state index in [1.54, 1.807) is 18.2 Å². The van der Waals surface area contributed by atoms with Gasteiger partial charge >= 0.3 is 0 Å². The summed E-state index contributed by atoms with van der Waals surface area (Å²) in [7, 11) is 0. The summed E-state index contributed by atoms with van der Waals surface area (Å²) in [4.78, 5) is 12.0. The van der Waals surface area contributed by atoms with Crippen LogP contribution in [0.1, 0.15) is 16.9 Å². The molecule has 1 N–H and O–H groups in total. The molecule has 5 nitrogen and oxygen atoms in total. The van der Waals surface area contributed by atoms with E-state index in [1.807, 2.05) is 44.2 Å². The van der Waals surface area contributed by atoms with Gasteiger partial charge in [0.1, 0.15) is 17.3 Å². The number of rotatable bonds is 6. The molecule has 1 heterocycles. The van der Waals surface area contributed by atoms with Crippen molar-refractivity contribution in [1.29, 1.82) is 0 Å². The number of aryl methyl sites for hydroxylation is 2. The Kier molecular flexibility index (Phi) is 6.54. The maximum absolute atomic E-state index is 12.0. The maximum atomic E-state index is 12.0. The Morgan fingerprint density at radius 1 is 1.25 bits per heavy atom. The SMILES string of the molecule is Cc1cc(C)c(OCC(=O)N/N=C\c2ccc(-c3ccccc3Cl)o2)c(Br)c1. The zero-order chi connectivity index (χ0) is 20.1. The van der Waals surface area contributed by atoms with Crippen molar-refractivity contribution < 1.29 is 13.9 Å². The molecule has 0 saturated carbocycles. The minimum absolute atomic E-state index is 0.150. The lowest BCUT2D eigenvalue weighted by atomic mass is 10.1. The molecule has 0 atom stereocenters. The molecule has 28 heavy (non-hydrogen) atoms. The molecule has 0 fully saturated rings. The molecule has 0 saturated heterocycles. The number of hydrazone groups is 1. The van der Waals surface area contributed by atoms with Gasteiger partial charge in [0, 0.05) is 5.56 Å². The summed E-state index contributed by atoms with van der Waals surface area (Å²) in [5.41, 5.74) is 5.27. The molecule has 1 aromatic heterocycles. The van der Waals surface area contributed by atoms with Crippen LogP contribution in [-0.4, -0.2) is 18.7 Å². The number of benzene rings is 2. The first-order valence-electron chi connectivity index (χ1n) is 8.50. The fraction of sp³-hybridized carbons (Fsp3) is 0.143. The Morgan fingerprint density at radius 2 is 2.04 bits per heavy atom. The number of nitrogens with zero attached hydrogens (tertiary/aromatic N) is 1. The highest BCUT2D eigenvalue weighted by atomic mass is 79.9. The molecule has 0 radical (unpaired) electrons. The Bertz CT molecular complexity index is 1010. The number of carbonyl (C=O) groups is 1. The minimum atomic E-state index is -0.374. The van der Waals surface area contributed by atoms with Crippen LogP contribution in [0.15, 0.2) is 62.5 Å². The van der Waals surface area contributed by atoms with Gasteiger partial charge in [0.15, 0.2) is 6.61 Å². The summed E-state index contributed by atoms with van der Waals surface area (Å²) in [6.07, 6.45) is 1.42. The second-order valence-corrected chi connectivity index (χ2v) is 7.42. The van der Waals surface area contributed by atoms with E-state index < -0.39 is 0 Å². The predicted octanol–water partition coefficient (Wildman–Crippen LogP) is 5.51. The van der Waals surface area contributed by atoms with Crippen LogP contribution < -0.4 is 10.2 Å². The van der Waals surface area contributed by atoms with E-state index in [-0.39, 0.29) is 12.5 Å². The fourth-order valence-electron chi connectivity index (χ4n) is 2.65. The van der Waals surface area contributed by atoms with Crippen molar-refractivity contribution in [3.8, 4) is 17.1 Å². The van der Waals surface area contributed by atoms with Gasteiger partial charge in [-0.25, -0.2) is 5.43 Å². The van der Waals surface area contributed by atoms with Crippen molar-refractivity contribution in [2.45, 2.75) is 13.8 Å². The lowest BCUT2D eigenvalue weighted by Gasteiger charge is -2.11. The number of nitrogens with one attached hydrogen (secondary N) is 1. The summed E-state index contributed by atoms with van der Waals surface area (Å²) >= 11 is 9.61.